The van der Waals surface area contributed by atoms with E-state index in [9.17, 15) is 22.8 Å². The van der Waals surface area contributed by atoms with Crippen LogP contribution < -0.4 is 10.1 Å². The fraction of sp³-hybridized carbons (Fsp3) is 0.316. The molecule has 1 aromatic heterocycles. The summed E-state index contributed by atoms with van der Waals surface area (Å²) in [5.74, 6) is -1.21. The van der Waals surface area contributed by atoms with Crippen LogP contribution in [0.25, 0.3) is 0 Å². The summed E-state index contributed by atoms with van der Waals surface area (Å²) < 4.78 is 29.7. The molecule has 2 aromatic rings. The van der Waals surface area contributed by atoms with E-state index < -0.39 is 33.4 Å². The summed E-state index contributed by atoms with van der Waals surface area (Å²) in [6.07, 6.45) is 1.75. The molecule has 1 N–H and O–H groups in total. The molecule has 0 saturated carbocycles. The molecule has 10 heteroatoms. The maximum atomic E-state index is 13.1. The zero-order valence-electron chi connectivity index (χ0n) is 15.7. The van der Waals surface area contributed by atoms with E-state index in [1.807, 2.05) is 0 Å². The van der Waals surface area contributed by atoms with Gasteiger partial charge in [0.25, 0.3) is 11.8 Å². The number of carbonyl (C=O) groups is 3. The second kappa shape index (κ2) is 6.96. The van der Waals surface area contributed by atoms with Crippen molar-refractivity contribution in [1.82, 2.24) is 4.90 Å². The molecule has 3 heterocycles. The van der Waals surface area contributed by atoms with Gasteiger partial charge in [0.1, 0.15) is 20.5 Å². The maximum Gasteiger partial charge on any atom is 0.272 e. The lowest BCUT2D eigenvalue weighted by molar-refractivity contribution is -0.114. The number of amides is 3. The fourth-order valence-electron chi connectivity index (χ4n) is 3.63. The molecule has 4 rings (SSSR count). The highest BCUT2D eigenvalue weighted by Crippen LogP contribution is 2.40. The van der Waals surface area contributed by atoms with Gasteiger partial charge in [-0.1, -0.05) is 6.07 Å². The van der Waals surface area contributed by atoms with E-state index in [2.05, 4.69) is 5.32 Å². The molecule has 29 heavy (non-hydrogen) atoms. The van der Waals surface area contributed by atoms with Gasteiger partial charge in [-0.05, 0) is 23.3 Å². The molecule has 0 saturated heterocycles. The summed E-state index contributed by atoms with van der Waals surface area (Å²) >= 11 is 1.05. The summed E-state index contributed by atoms with van der Waals surface area (Å²) in [6, 6.07) is 4.23. The first-order valence-corrected chi connectivity index (χ1v) is 11.8. The lowest BCUT2D eigenvalue weighted by Gasteiger charge is -2.26. The van der Waals surface area contributed by atoms with Gasteiger partial charge in [0, 0.05) is 25.0 Å². The van der Waals surface area contributed by atoms with E-state index in [1.165, 1.54) is 12.3 Å². The normalized spacial score (nSPS) is 16.4. The topological polar surface area (TPSA) is 110 Å². The van der Waals surface area contributed by atoms with Gasteiger partial charge >= 0.3 is 0 Å². The molecule has 1 aromatic carbocycles. The molecule has 2 aliphatic heterocycles. The Bertz CT molecular complexity index is 1150. The lowest BCUT2D eigenvalue weighted by atomic mass is 10.0. The van der Waals surface area contributed by atoms with Crippen molar-refractivity contribution < 1.29 is 27.5 Å². The van der Waals surface area contributed by atoms with Gasteiger partial charge in [0.05, 0.1) is 29.7 Å². The predicted molar refractivity (Wildman–Crippen MR) is 107 cm³/mol. The first kappa shape index (κ1) is 19.6. The highest BCUT2D eigenvalue weighted by molar-refractivity contribution is 7.90. The van der Waals surface area contributed by atoms with Crippen molar-refractivity contribution in [3.63, 3.8) is 0 Å². The van der Waals surface area contributed by atoms with Crippen LogP contribution in [0.3, 0.4) is 0 Å². The van der Waals surface area contributed by atoms with Crippen LogP contribution >= 0.6 is 11.3 Å². The Morgan fingerprint density at radius 3 is 2.76 bits per heavy atom. The SMILES string of the molecule is CC(=O)Nc1csc2c1C(=O)N([C@H](CS(C)(=O)=O)c1ccc3c(c1)CCO3)C2=O. The largest absolute Gasteiger partial charge is 0.493 e. The number of hydrogen-bond donors (Lipinski definition) is 1. The third kappa shape index (κ3) is 3.53. The Hall–Kier alpha value is -2.72. The van der Waals surface area contributed by atoms with E-state index in [4.69, 9.17) is 4.74 Å². The first-order valence-electron chi connectivity index (χ1n) is 8.86. The van der Waals surface area contributed by atoms with Crippen molar-refractivity contribution in [3.8, 4) is 5.75 Å². The van der Waals surface area contributed by atoms with E-state index in [1.54, 1.807) is 18.2 Å². The number of imide groups is 1. The van der Waals surface area contributed by atoms with Gasteiger partial charge in [-0.25, -0.2) is 8.42 Å². The number of nitrogens with zero attached hydrogens (tertiary/aromatic N) is 1. The van der Waals surface area contributed by atoms with Gasteiger partial charge in [-0.3, -0.25) is 19.3 Å². The predicted octanol–water partition coefficient (Wildman–Crippen LogP) is 2.02. The van der Waals surface area contributed by atoms with Crippen molar-refractivity contribution in [2.45, 2.75) is 19.4 Å². The number of thiophene rings is 1. The van der Waals surface area contributed by atoms with Gasteiger partial charge < -0.3 is 10.1 Å². The average molecular weight is 434 g/mol. The smallest absolute Gasteiger partial charge is 0.272 e. The van der Waals surface area contributed by atoms with E-state index >= 15 is 0 Å². The molecule has 0 radical (unpaired) electrons. The van der Waals surface area contributed by atoms with Crippen LogP contribution in [0.15, 0.2) is 23.6 Å². The number of fused-ring (bicyclic) bond motifs is 2. The quantitative estimate of drug-likeness (QED) is 0.721. The number of rotatable bonds is 5. The average Bonchev–Trinajstić information content (AvgIpc) is 3.30. The van der Waals surface area contributed by atoms with E-state index in [0.717, 1.165) is 33.8 Å². The molecule has 0 unspecified atom stereocenters. The minimum atomic E-state index is -3.51. The van der Waals surface area contributed by atoms with Crippen molar-refractivity contribution in [2.24, 2.45) is 0 Å². The Kier molecular flexibility index (Phi) is 4.70. The molecule has 152 valence electrons. The summed E-state index contributed by atoms with van der Waals surface area (Å²) in [4.78, 5) is 38.8. The molecule has 8 nitrogen and oxygen atoms in total. The third-order valence-corrected chi connectivity index (χ3v) is 6.71. The summed E-state index contributed by atoms with van der Waals surface area (Å²) in [7, 11) is -3.51. The molecule has 0 fully saturated rings. The lowest BCUT2D eigenvalue weighted by Crippen LogP contribution is -2.38. The number of ether oxygens (including phenoxy) is 1. The van der Waals surface area contributed by atoms with Crippen molar-refractivity contribution >= 4 is 44.6 Å². The van der Waals surface area contributed by atoms with Crippen LogP contribution in [-0.4, -0.2) is 49.7 Å². The zero-order valence-corrected chi connectivity index (χ0v) is 17.4. The van der Waals surface area contributed by atoms with Crippen molar-refractivity contribution in [2.75, 3.05) is 23.9 Å². The number of nitrogens with one attached hydrogen (secondary N) is 1. The second-order valence-corrected chi connectivity index (χ2v) is 10.2. The van der Waals surface area contributed by atoms with Crippen LogP contribution in [0.4, 0.5) is 5.69 Å². The standard InChI is InChI=1S/C19H18N2O6S2/c1-10(22)20-13-8-28-17-16(13)18(23)21(19(17)24)14(9-29(2,25)26)11-3-4-15-12(7-11)5-6-27-15/h3-4,7-8,14H,5-6,9H2,1-2H3,(H,20,22)/t14-/m1/s1. The number of sulfone groups is 1. The van der Waals surface area contributed by atoms with Crippen LogP contribution in [0, 0.1) is 0 Å². The summed E-state index contributed by atoms with van der Waals surface area (Å²) in [5, 5.41) is 4.09. The highest BCUT2D eigenvalue weighted by atomic mass is 32.2. The van der Waals surface area contributed by atoms with Gasteiger partial charge in [0.2, 0.25) is 5.91 Å². The Morgan fingerprint density at radius 1 is 1.31 bits per heavy atom. The summed E-state index contributed by atoms with van der Waals surface area (Å²) in [5.41, 5.74) is 1.84. The fourth-order valence-corrected chi connectivity index (χ4v) is 5.48. The maximum absolute atomic E-state index is 13.1. The zero-order chi connectivity index (χ0) is 20.9. The van der Waals surface area contributed by atoms with Crippen LogP contribution in [0.2, 0.25) is 0 Å². The van der Waals surface area contributed by atoms with Crippen molar-refractivity contribution in [3.05, 3.63) is 45.1 Å². The highest BCUT2D eigenvalue weighted by Gasteiger charge is 2.44. The molecular weight excluding hydrogens is 416 g/mol. The van der Waals surface area contributed by atoms with Crippen molar-refractivity contribution in [1.29, 1.82) is 0 Å². The van der Waals surface area contributed by atoms with Crippen LogP contribution in [-0.2, 0) is 21.1 Å². The third-order valence-electron chi connectivity index (χ3n) is 4.82. The monoisotopic (exact) mass is 434 g/mol. The number of hydrogen-bond acceptors (Lipinski definition) is 7. The molecule has 1 atom stereocenters. The molecule has 0 spiro atoms. The van der Waals surface area contributed by atoms with E-state index in [-0.39, 0.29) is 22.0 Å². The first-order chi connectivity index (χ1) is 13.7. The minimum Gasteiger partial charge on any atom is -0.493 e. The van der Waals surface area contributed by atoms with Gasteiger partial charge in [-0.15, -0.1) is 11.3 Å². The van der Waals surface area contributed by atoms with Gasteiger partial charge in [-0.2, -0.15) is 0 Å². The Balaban J connectivity index is 1.77. The second-order valence-electron chi connectivity index (χ2n) is 7.09. The number of carbonyl (C=O) groups excluding carboxylic acids is 3. The molecule has 3 amide bonds. The minimum absolute atomic E-state index is 0.109. The molecule has 0 aliphatic carbocycles. The molecule has 2 aliphatic rings. The van der Waals surface area contributed by atoms with Gasteiger partial charge in [0.15, 0.2) is 0 Å². The van der Waals surface area contributed by atoms with Crippen LogP contribution in [0.1, 0.15) is 44.1 Å². The molecular formula is C19H18N2O6S2. The summed E-state index contributed by atoms with van der Waals surface area (Å²) in [6.45, 7) is 1.84. The Labute approximate surface area is 171 Å². The molecule has 0 bridgehead atoms. The number of anilines is 1. The number of benzene rings is 1. The van der Waals surface area contributed by atoms with E-state index in [0.29, 0.717) is 18.6 Å². The Morgan fingerprint density at radius 2 is 2.07 bits per heavy atom. The van der Waals surface area contributed by atoms with Crippen LogP contribution in [0.5, 0.6) is 5.75 Å².